The summed E-state index contributed by atoms with van der Waals surface area (Å²) in [6, 6.07) is 0. The SMILES string of the molecule is COC(=O)CCSN=O. The zero-order valence-corrected chi connectivity index (χ0v) is 5.81. The van der Waals surface area contributed by atoms with Crippen LogP contribution in [-0.2, 0) is 9.53 Å². The summed E-state index contributed by atoms with van der Waals surface area (Å²) in [5.41, 5.74) is 0. The number of carbonyl (C=O) groups is 1. The maximum atomic E-state index is 10.3. The van der Waals surface area contributed by atoms with Gasteiger partial charge in [0.25, 0.3) is 0 Å². The largest absolute Gasteiger partial charge is 0.469 e. The molecule has 52 valence electrons. The fourth-order valence-corrected chi connectivity index (χ4v) is 0.601. The van der Waals surface area contributed by atoms with Gasteiger partial charge in [-0.1, -0.05) is 0 Å². The smallest absolute Gasteiger partial charge is 0.306 e. The monoisotopic (exact) mass is 149 g/mol. The second-order valence-electron chi connectivity index (χ2n) is 1.23. The summed E-state index contributed by atoms with van der Waals surface area (Å²) in [5.74, 6) is 0.0852. The highest BCUT2D eigenvalue weighted by molar-refractivity contribution is 7.97. The predicted molar refractivity (Wildman–Crippen MR) is 34.9 cm³/mol. The predicted octanol–water partition coefficient (Wildman–Crippen LogP) is 0.964. The van der Waals surface area contributed by atoms with Crippen LogP contribution in [0.2, 0.25) is 0 Å². The van der Waals surface area contributed by atoms with Gasteiger partial charge >= 0.3 is 5.97 Å². The molecule has 0 saturated carbocycles. The summed E-state index contributed by atoms with van der Waals surface area (Å²) >= 11 is 0.820. The Kier molecular flexibility index (Phi) is 5.20. The van der Waals surface area contributed by atoms with Gasteiger partial charge < -0.3 is 4.74 Å². The molecule has 0 aliphatic carbocycles. The van der Waals surface area contributed by atoms with Gasteiger partial charge in [-0.15, -0.1) is 4.91 Å². The number of rotatable bonds is 4. The molecule has 0 aromatic rings. The normalized spacial score (nSPS) is 8.56. The summed E-state index contributed by atoms with van der Waals surface area (Å²) in [6.45, 7) is 0. The minimum absolute atomic E-state index is 0.243. The third-order valence-electron chi connectivity index (χ3n) is 0.678. The van der Waals surface area contributed by atoms with E-state index in [0.29, 0.717) is 5.75 Å². The zero-order chi connectivity index (χ0) is 7.11. The van der Waals surface area contributed by atoms with Crippen LogP contribution in [0.5, 0.6) is 0 Å². The summed E-state index contributed by atoms with van der Waals surface area (Å²) in [6.07, 6.45) is 0.243. The van der Waals surface area contributed by atoms with Gasteiger partial charge in [-0.05, 0) is 0 Å². The summed E-state index contributed by atoms with van der Waals surface area (Å²) < 4.78 is 6.80. The summed E-state index contributed by atoms with van der Waals surface area (Å²) in [7, 11) is 1.31. The zero-order valence-electron chi connectivity index (χ0n) is 4.99. The number of carbonyl (C=O) groups excluding carboxylic acids is 1. The molecule has 0 saturated heterocycles. The first-order valence-electron chi connectivity index (χ1n) is 2.32. The molecule has 0 fully saturated rings. The van der Waals surface area contributed by atoms with Crippen LogP contribution in [0.1, 0.15) is 6.42 Å². The van der Waals surface area contributed by atoms with Crippen LogP contribution in [0.3, 0.4) is 0 Å². The second kappa shape index (κ2) is 5.55. The van der Waals surface area contributed by atoms with Crippen LogP contribution in [0, 0.1) is 4.91 Å². The average molecular weight is 149 g/mol. The van der Waals surface area contributed by atoms with E-state index in [2.05, 4.69) is 9.32 Å². The summed E-state index contributed by atoms with van der Waals surface area (Å²) in [4.78, 5) is 19.7. The lowest BCUT2D eigenvalue weighted by Gasteiger charge is -1.92. The Balaban J connectivity index is 3.06. The third-order valence-corrected chi connectivity index (χ3v) is 1.17. The molecule has 5 heteroatoms. The lowest BCUT2D eigenvalue weighted by atomic mass is 10.5. The average Bonchev–Trinajstić information content (AvgIpc) is 1.89. The highest BCUT2D eigenvalue weighted by Gasteiger charge is 1.98. The van der Waals surface area contributed by atoms with Crippen LogP contribution in [0.25, 0.3) is 0 Å². The van der Waals surface area contributed by atoms with Crippen molar-refractivity contribution in [3.05, 3.63) is 4.91 Å². The maximum Gasteiger partial charge on any atom is 0.306 e. The van der Waals surface area contributed by atoms with Crippen LogP contribution in [0.4, 0.5) is 0 Å². The van der Waals surface area contributed by atoms with Gasteiger partial charge in [0.1, 0.15) is 0 Å². The molecule has 0 aliphatic rings. The molecule has 0 N–H and O–H groups in total. The molecular weight excluding hydrogens is 142 g/mol. The van der Waals surface area contributed by atoms with Gasteiger partial charge in [0.2, 0.25) is 0 Å². The third kappa shape index (κ3) is 5.29. The van der Waals surface area contributed by atoms with Crippen molar-refractivity contribution >= 4 is 17.9 Å². The molecular formula is C4H7NO3S. The van der Waals surface area contributed by atoms with E-state index in [4.69, 9.17) is 0 Å². The van der Waals surface area contributed by atoms with E-state index in [1.807, 2.05) is 0 Å². The highest BCUT2D eigenvalue weighted by atomic mass is 32.2. The molecule has 0 unspecified atom stereocenters. The van der Waals surface area contributed by atoms with E-state index in [9.17, 15) is 9.70 Å². The molecule has 0 amide bonds. The molecule has 0 heterocycles. The first kappa shape index (κ1) is 8.42. The molecule has 9 heavy (non-hydrogen) atoms. The molecule has 0 aliphatic heterocycles. The molecule has 0 radical (unpaired) electrons. The van der Waals surface area contributed by atoms with Crippen molar-refractivity contribution < 1.29 is 9.53 Å². The number of ether oxygens (including phenoxy) is 1. The fourth-order valence-electron chi connectivity index (χ4n) is 0.268. The standard InChI is InChI=1S/C4H7NO3S/c1-8-4(6)2-3-9-5-7/h2-3H2,1H3. The van der Waals surface area contributed by atoms with Crippen LogP contribution in [-0.4, -0.2) is 18.8 Å². The van der Waals surface area contributed by atoms with E-state index in [1.54, 1.807) is 0 Å². The van der Waals surface area contributed by atoms with Gasteiger partial charge in [-0.25, -0.2) is 0 Å². The van der Waals surface area contributed by atoms with Gasteiger partial charge in [0, 0.05) is 22.3 Å². The Morgan fingerprint density at radius 1 is 1.78 bits per heavy atom. The number of esters is 1. The molecule has 0 aromatic heterocycles. The van der Waals surface area contributed by atoms with Crippen molar-refractivity contribution in [2.45, 2.75) is 6.42 Å². The number of nitrogens with zero attached hydrogens (tertiary/aromatic N) is 1. The minimum atomic E-state index is -0.314. The Hall–Kier alpha value is -0.580. The van der Waals surface area contributed by atoms with Gasteiger partial charge in [0.15, 0.2) is 0 Å². The number of methoxy groups -OCH3 is 1. The minimum Gasteiger partial charge on any atom is -0.469 e. The van der Waals surface area contributed by atoms with Gasteiger partial charge in [0.05, 0.1) is 13.5 Å². The highest BCUT2D eigenvalue weighted by Crippen LogP contribution is 2.02. The first-order chi connectivity index (χ1) is 4.31. The fraction of sp³-hybridized carbons (Fsp3) is 0.750. The van der Waals surface area contributed by atoms with Crippen molar-refractivity contribution in [1.82, 2.24) is 0 Å². The number of hydrogen-bond donors (Lipinski definition) is 0. The Bertz CT molecular complexity index is 106. The maximum absolute atomic E-state index is 10.3. The topological polar surface area (TPSA) is 55.7 Å². The van der Waals surface area contributed by atoms with Crippen molar-refractivity contribution in [3.8, 4) is 0 Å². The molecule has 0 aromatic carbocycles. The Morgan fingerprint density at radius 2 is 2.44 bits per heavy atom. The molecule has 0 rings (SSSR count). The van der Waals surface area contributed by atoms with E-state index in [-0.39, 0.29) is 12.4 Å². The molecule has 0 bridgehead atoms. The van der Waals surface area contributed by atoms with Crippen molar-refractivity contribution in [2.24, 2.45) is 4.58 Å². The van der Waals surface area contributed by atoms with Crippen molar-refractivity contribution in [2.75, 3.05) is 12.9 Å². The van der Waals surface area contributed by atoms with E-state index in [1.165, 1.54) is 7.11 Å². The van der Waals surface area contributed by atoms with Gasteiger partial charge in [-0.2, -0.15) is 0 Å². The lowest BCUT2D eigenvalue weighted by molar-refractivity contribution is -0.140. The van der Waals surface area contributed by atoms with Crippen LogP contribution in [0.15, 0.2) is 4.58 Å². The van der Waals surface area contributed by atoms with Crippen LogP contribution >= 0.6 is 11.9 Å². The summed E-state index contributed by atoms with van der Waals surface area (Å²) in [5, 5.41) is 0. The molecule has 0 spiro atoms. The van der Waals surface area contributed by atoms with E-state index in [0.717, 1.165) is 11.9 Å². The molecule has 4 nitrogen and oxygen atoms in total. The van der Waals surface area contributed by atoms with E-state index < -0.39 is 0 Å². The van der Waals surface area contributed by atoms with Gasteiger partial charge in [-0.3, -0.25) is 4.79 Å². The van der Waals surface area contributed by atoms with Crippen molar-refractivity contribution in [3.63, 3.8) is 0 Å². The lowest BCUT2D eigenvalue weighted by Crippen LogP contribution is -2.00. The van der Waals surface area contributed by atoms with E-state index >= 15 is 0 Å². The van der Waals surface area contributed by atoms with Crippen molar-refractivity contribution in [1.29, 1.82) is 0 Å². The second-order valence-corrected chi connectivity index (χ2v) is 2.05. The first-order valence-corrected chi connectivity index (χ1v) is 3.27. The number of nitroso groups, excluding NO2 is 1. The Labute approximate surface area is 57.1 Å². The van der Waals surface area contributed by atoms with Crippen LogP contribution < -0.4 is 0 Å². The molecule has 0 atom stereocenters. The Morgan fingerprint density at radius 3 is 2.89 bits per heavy atom. The number of hydrogen-bond acceptors (Lipinski definition) is 5. The quantitative estimate of drug-likeness (QED) is 0.258.